The van der Waals surface area contributed by atoms with Gasteiger partial charge in [0.15, 0.2) is 0 Å². The van der Waals surface area contributed by atoms with Crippen LogP contribution in [0.5, 0.6) is 5.75 Å². The average molecular weight is 371 g/mol. The van der Waals surface area contributed by atoms with E-state index in [-0.39, 0.29) is 5.91 Å². The predicted molar refractivity (Wildman–Crippen MR) is 105 cm³/mol. The van der Waals surface area contributed by atoms with Crippen molar-refractivity contribution in [3.8, 4) is 5.75 Å². The van der Waals surface area contributed by atoms with Crippen LogP contribution in [0.2, 0.25) is 0 Å². The van der Waals surface area contributed by atoms with E-state index in [4.69, 9.17) is 4.74 Å². The molecular formula is C21H26N2O2S. The van der Waals surface area contributed by atoms with Crippen molar-refractivity contribution in [1.29, 1.82) is 0 Å². The minimum absolute atomic E-state index is 0.180. The number of aryl methyl sites for hydroxylation is 2. The van der Waals surface area contributed by atoms with Gasteiger partial charge in [-0.25, -0.2) is 0 Å². The number of fused-ring (bicyclic) bond motifs is 1. The number of hydrogen-bond donors (Lipinski definition) is 0. The minimum atomic E-state index is 0.180. The first-order valence-electron chi connectivity index (χ1n) is 9.40. The third-order valence-corrected chi connectivity index (χ3v) is 6.31. The second-order valence-electron chi connectivity index (χ2n) is 7.51. The van der Waals surface area contributed by atoms with Gasteiger partial charge in [0.2, 0.25) is 0 Å². The molecule has 2 aromatic rings. The van der Waals surface area contributed by atoms with Crippen molar-refractivity contribution < 1.29 is 9.53 Å². The van der Waals surface area contributed by atoms with Crippen LogP contribution in [-0.2, 0) is 6.61 Å². The molecule has 5 heteroatoms. The SMILES string of the molecule is Cc1cc(C)cc(OCc2csc(C(=O)N3CCN4CCCC4C3)c2)c1. The predicted octanol–water partition coefficient (Wildman–Crippen LogP) is 3.86. The van der Waals surface area contributed by atoms with Crippen LogP contribution in [-0.4, -0.2) is 47.9 Å². The number of carbonyl (C=O) groups is 1. The van der Waals surface area contributed by atoms with E-state index >= 15 is 0 Å². The zero-order valence-corrected chi connectivity index (χ0v) is 16.3. The van der Waals surface area contributed by atoms with E-state index in [1.54, 1.807) is 0 Å². The van der Waals surface area contributed by atoms with Crippen molar-refractivity contribution in [3.63, 3.8) is 0 Å². The Bertz CT molecular complexity index is 781. The van der Waals surface area contributed by atoms with Crippen molar-refractivity contribution in [2.45, 2.75) is 39.3 Å². The zero-order valence-electron chi connectivity index (χ0n) is 15.5. The van der Waals surface area contributed by atoms with Gasteiger partial charge in [0.25, 0.3) is 5.91 Å². The first-order valence-corrected chi connectivity index (χ1v) is 10.3. The Hall–Kier alpha value is -1.85. The number of benzene rings is 1. The molecule has 3 heterocycles. The fourth-order valence-corrected chi connectivity index (χ4v) is 4.94. The van der Waals surface area contributed by atoms with Gasteiger partial charge >= 0.3 is 0 Å². The summed E-state index contributed by atoms with van der Waals surface area (Å²) in [4.78, 5) is 18.2. The van der Waals surface area contributed by atoms with E-state index < -0.39 is 0 Å². The number of carbonyl (C=O) groups excluding carboxylic acids is 1. The number of nitrogens with zero attached hydrogens (tertiary/aromatic N) is 2. The second-order valence-corrected chi connectivity index (χ2v) is 8.43. The molecule has 0 N–H and O–H groups in total. The summed E-state index contributed by atoms with van der Waals surface area (Å²) in [6.45, 7) is 8.60. The molecule has 0 spiro atoms. The molecule has 26 heavy (non-hydrogen) atoms. The van der Waals surface area contributed by atoms with Crippen molar-refractivity contribution in [3.05, 3.63) is 51.2 Å². The molecule has 138 valence electrons. The lowest BCUT2D eigenvalue weighted by Gasteiger charge is -2.37. The molecular weight excluding hydrogens is 344 g/mol. The van der Waals surface area contributed by atoms with Gasteiger partial charge in [0, 0.05) is 31.2 Å². The summed E-state index contributed by atoms with van der Waals surface area (Å²) in [5, 5.41) is 2.04. The Morgan fingerprint density at radius 2 is 1.96 bits per heavy atom. The van der Waals surface area contributed by atoms with E-state index in [0.29, 0.717) is 12.6 Å². The summed E-state index contributed by atoms with van der Waals surface area (Å²) in [5.74, 6) is 1.07. The van der Waals surface area contributed by atoms with Gasteiger partial charge in [0.05, 0.1) is 4.88 Å². The van der Waals surface area contributed by atoms with Crippen LogP contribution in [0, 0.1) is 13.8 Å². The molecule has 1 amide bonds. The van der Waals surface area contributed by atoms with Crippen LogP contribution < -0.4 is 4.74 Å². The molecule has 2 aliphatic rings. The standard InChI is InChI=1S/C21H26N2O2S/c1-15-8-16(2)10-19(9-15)25-13-17-11-20(26-14-17)21(24)23-7-6-22-5-3-4-18(22)12-23/h8-11,14,18H,3-7,12-13H2,1-2H3. The molecule has 1 aromatic heterocycles. The molecule has 0 saturated carbocycles. The molecule has 1 unspecified atom stereocenters. The molecule has 2 fully saturated rings. The monoisotopic (exact) mass is 370 g/mol. The summed E-state index contributed by atoms with van der Waals surface area (Å²) < 4.78 is 5.92. The van der Waals surface area contributed by atoms with Gasteiger partial charge in [-0.1, -0.05) is 6.07 Å². The largest absolute Gasteiger partial charge is 0.489 e. The van der Waals surface area contributed by atoms with Crippen LogP contribution in [0.4, 0.5) is 0 Å². The van der Waals surface area contributed by atoms with Gasteiger partial charge in [0.1, 0.15) is 12.4 Å². The van der Waals surface area contributed by atoms with Crippen molar-refractivity contribution >= 4 is 17.2 Å². The van der Waals surface area contributed by atoms with E-state index in [2.05, 4.69) is 24.8 Å². The zero-order chi connectivity index (χ0) is 18.1. The van der Waals surface area contributed by atoms with Crippen LogP contribution >= 0.6 is 11.3 Å². The Labute approximate surface area is 159 Å². The Balaban J connectivity index is 1.37. The lowest BCUT2D eigenvalue weighted by Crippen LogP contribution is -2.51. The number of amides is 1. The summed E-state index contributed by atoms with van der Waals surface area (Å²) in [7, 11) is 0. The van der Waals surface area contributed by atoms with E-state index in [9.17, 15) is 4.79 Å². The molecule has 4 nitrogen and oxygen atoms in total. The third-order valence-electron chi connectivity index (χ3n) is 5.34. The Morgan fingerprint density at radius 3 is 2.77 bits per heavy atom. The minimum Gasteiger partial charge on any atom is -0.489 e. The van der Waals surface area contributed by atoms with Gasteiger partial charge in [-0.2, -0.15) is 0 Å². The summed E-state index contributed by atoms with van der Waals surface area (Å²) >= 11 is 1.53. The normalized spacial score (nSPS) is 20.2. The first kappa shape index (κ1) is 17.6. The Kier molecular flexibility index (Phi) is 5.00. The number of rotatable bonds is 4. The highest BCUT2D eigenvalue weighted by Gasteiger charge is 2.33. The topological polar surface area (TPSA) is 32.8 Å². The van der Waals surface area contributed by atoms with E-state index in [0.717, 1.165) is 35.8 Å². The van der Waals surface area contributed by atoms with E-state index in [1.807, 2.05) is 28.5 Å². The maximum absolute atomic E-state index is 12.8. The summed E-state index contributed by atoms with van der Waals surface area (Å²) in [5.41, 5.74) is 3.47. The summed E-state index contributed by atoms with van der Waals surface area (Å²) in [6.07, 6.45) is 2.49. The van der Waals surface area contributed by atoms with Crippen LogP contribution in [0.1, 0.15) is 39.2 Å². The fourth-order valence-electron chi connectivity index (χ4n) is 4.08. The van der Waals surface area contributed by atoms with Gasteiger partial charge in [-0.05, 0) is 67.9 Å². The highest BCUT2D eigenvalue weighted by atomic mass is 32.1. The highest BCUT2D eigenvalue weighted by Crippen LogP contribution is 2.25. The van der Waals surface area contributed by atoms with Crippen molar-refractivity contribution in [1.82, 2.24) is 9.80 Å². The molecule has 4 rings (SSSR count). The molecule has 0 bridgehead atoms. The smallest absolute Gasteiger partial charge is 0.264 e. The molecule has 0 aliphatic carbocycles. The van der Waals surface area contributed by atoms with Crippen molar-refractivity contribution in [2.24, 2.45) is 0 Å². The van der Waals surface area contributed by atoms with Crippen molar-refractivity contribution in [2.75, 3.05) is 26.2 Å². The molecule has 1 atom stereocenters. The maximum Gasteiger partial charge on any atom is 0.264 e. The second kappa shape index (κ2) is 7.41. The molecule has 2 aliphatic heterocycles. The first-order chi connectivity index (χ1) is 12.6. The quantitative estimate of drug-likeness (QED) is 0.819. The third kappa shape index (κ3) is 3.79. The molecule has 1 aromatic carbocycles. The van der Waals surface area contributed by atoms with Gasteiger partial charge in [-0.3, -0.25) is 9.69 Å². The lowest BCUT2D eigenvalue weighted by atomic mass is 10.1. The highest BCUT2D eigenvalue weighted by molar-refractivity contribution is 7.12. The van der Waals surface area contributed by atoms with Crippen LogP contribution in [0.3, 0.4) is 0 Å². The van der Waals surface area contributed by atoms with Gasteiger partial charge < -0.3 is 9.64 Å². The molecule has 0 radical (unpaired) electrons. The number of hydrogen-bond acceptors (Lipinski definition) is 4. The summed E-state index contributed by atoms with van der Waals surface area (Å²) in [6, 6.07) is 8.80. The Morgan fingerprint density at radius 1 is 1.15 bits per heavy atom. The number of ether oxygens (including phenoxy) is 1. The fraction of sp³-hybridized carbons (Fsp3) is 0.476. The molecule has 2 saturated heterocycles. The van der Waals surface area contributed by atoms with Gasteiger partial charge in [-0.15, -0.1) is 11.3 Å². The van der Waals surface area contributed by atoms with Crippen LogP contribution in [0.15, 0.2) is 29.6 Å². The maximum atomic E-state index is 12.8. The van der Waals surface area contributed by atoms with Crippen LogP contribution in [0.25, 0.3) is 0 Å². The average Bonchev–Trinajstić information content (AvgIpc) is 3.27. The lowest BCUT2D eigenvalue weighted by molar-refractivity contribution is 0.0576. The number of thiophene rings is 1. The number of piperazine rings is 1. The van der Waals surface area contributed by atoms with E-state index in [1.165, 1.54) is 41.9 Å².